The molecule has 0 fully saturated rings. The van der Waals surface area contributed by atoms with Crippen molar-refractivity contribution in [2.75, 3.05) is 7.05 Å². The van der Waals surface area contributed by atoms with E-state index in [2.05, 4.69) is 0 Å². The van der Waals surface area contributed by atoms with E-state index in [0.29, 0.717) is 11.6 Å². The topological polar surface area (TPSA) is 46.3 Å². The highest BCUT2D eigenvalue weighted by molar-refractivity contribution is 6.31. The molecule has 0 heterocycles. The Hall–Kier alpha value is -1.22. The van der Waals surface area contributed by atoms with Gasteiger partial charge in [0, 0.05) is 18.6 Å². The first-order valence-electron chi connectivity index (χ1n) is 3.85. The van der Waals surface area contributed by atoms with E-state index >= 15 is 0 Å². The maximum Gasteiger partial charge on any atom is 0.314 e. The quantitative estimate of drug-likeness (QED) is 0.775. The van der Waals surface area contributed by atoms with Gasteiger partial charge in [-0.15, -0.1) is 0 Å². The minimum absolute atomic E-state index is 0.439. The fourth-order valence-electron chi connectivity index (χ4n) is 0.960. The maximum atomic E-state index is 10.7. The molecule has 4 heteroatoms. The second-order valence-electron chi connectivity index (χ2n) is 2.79. The number of benzene rings is 1. The zero-order chi connectivity index (χ0) is 9.84. The Kier molecular flexibility index (Phi) is 3.14. The normalized spacial score (nSPS) is 9.69. The number of amides is 2. The number of carbonyl (C=O) groups excluding carboxylic acids is 1. The maximum absolute atomic E-state index is 10.7. The molecule has 70 valence electrons. The van der Waals surface area contributed by atoms with E-state index in [1.807, 2.05) is 18.2 Å². The molecular formula is C9H11ClN2O. The molecule has 0 unspecified atom stereocenters. The summed E-state index contributed by atoms with van der Waals surface area (Å²) in [5, 5.41) is 0.649. The molecule has 0 aliphatic rings. The van der Waals surface area contributed by atoms with Gasteiger partial charge in [0.25, 0.3) is 0 Å². The number of rotatable bonds is 2. The Morgan fingerprint density at radius 2 is 2.15 bits per heavy atom. The molecule has 1 aromatic rings. The van der Waals surface area contributed by atoms with Gasteiger partial charge in [-0.1, -0.05) is 29.8 Å². The van der Waals surface area contributed by atoms with Crippen molar-refractivity contribution in [1.82, 2.24) is 4.90 Å². The summed E-state index contributed by atoms with van der Waals surface area (Å²) in [7, 11) is 1.63. The number of nitrogens with zero attached hydrogens (tertiary/aromatic N) is 1. The van der Waals surface area contributed by atoms with Crippen LogP contribution in [-0.4, -0.2) is 18.0 Å². The Balaban J connectivity index is 2.74. The smallest absolute Gasteiger partial charge is 0.314 e. The molecular weight excluding hydrogens is 188 g/mol. The van der Waals surface area contributed by atoms with E-state index in [1.165, 1.54) is 4.90 Å². The first kappa shape index (κ1) is 9.86. The van der Waals surface area contributed by atoms with Crippen molar-refractivity contribution in [3.8, 4) is 0 Å². The minimum Gasteiger partial charge on any atom is -0.351 e. The minimum atomic E-state index is -0.458. The summed E-state index contributed by atoms with van der Waals surface area (Å²) in [5.74, 6) is 0. The molecule has 1 rings (SSSR count). The van der Waals surface area contributed by atoms with E-state index < -0.39 is 6.03 Å². The van der Waals surface area contributed by atoms with Crippen LogP contribution in [0.3, 0.4) is 0 Å². The lowest BCUT2D eigenvalue weighted by molar-refractivity contribution is 0.216. The number of carbonyl (C=O) groups is 1. The first-order valence-corrected chi connectivity index (χ1v) is 4.23. The van der Waals surface area contributed by atoms with Crippen LogP contribution in [0.2, 0.25) is 5.02 Å². The molecule has 0 atom stereocenters. The van der Waals surface area contributed by atoms with Crippen molar-refractivity contribution >= 4 is 17.6 Å². The first-order chi connectivity index (χ1) is 6.11. The number of hydrogen-bond acceptors (Lipinski definition) is 1. The van der Waals surface area contributed by atoms with Crippen molar-refractivity contribution in [3.63, 3.8) is 0 Å². The lowest BCUT2D eigenvalue weighted by Gasteiger charge is -2.14. The van der Waals surface area contributed by atoms with Gasteiger partial charge in [0.1, 0.15) is 0 Å². The van der Waals surface area contributed by atoms with E-state index in [-0.39, 0.29) is 0 Å². The van der Waals surface area contributed by atoms with Crippen LogP contribution in [0, 0.1) is 0 Å². The predicted octanol–water partition coefficient (Wildman–Crippen LogP) is 1.85. The number of halogens is 1. The van der Waals surface area contributed by atoms with E-state index in [9.17, 15) is 4.79 Å². The Morgan fingerprint density at radius 1 is 1.54 bits per heavy atom. The zero-order valence-corrected chi connectivity index (χ0v) is 8.08. The largest absolute Gasteiger partial charge is 0.351 e. The van der Waals surface area contributed by atoms with Gasteiger partial charge in [-0.25, -0.2) is 4.79 Å². The second kappa shape index (κ2) is 4.14. The van der Waals surface area contributed by atoms with Gasteiger partial charge in [0.15, 0.2) is 0 Å². The molecule has 0 aromatic heterocycles. The second-order valence-corrected chi connectivity index (χ2v) is 3.19. The van der Waals surface area contributed by atoms with Crippen molar-refractivity contribution in [2.24, 2.45) is 5.73 Å². The fraction of sp³-hybridized carbons (Fsp3) is 0.222. The number of nitrogens with two attached hydrogens (primary N) is 1. The van der Waals surface area contributed by atoms with Crippen LogP contribution in [0.25, 0.3) is 0 Å². The van der Waals surface area contributed by atoms with Crippen LogP contribution in [0.15, 0.2) is 24.3 Å². The molecule has 3 nitrogen and oxygen atoms in total. The van der Waals surface area contributed by atoms with Crippen molar-refractivity contribution in [2.45, 2.75) is 6.54 Å². The molecule has 13 heavy (non-hydrogen) atoms. The number of primary amides is 1. The molecule has 0 saturated heterocycles. The number of urea groups is 1. The standard InChI is InChI=1S/C9H11ClN2O/c1-12(9(11)13)6-7-4-2-3-5-8(7)10/h2-5H,6H2,1H3,(H2,11,13). The van der Waals surface area contributed by atoms with Crippen molar-refractivity contribution in [3.05, 3.63) is 34.9 Å². The highest BCUT2D eigenvalue weighted by Gasteiger charge is 2.05. The number of hydrogen-bond donors (Lipinski definition) is 1. The fourth-order valence-corrected chi connectivity index (χ4v) is 1.16. The van der Waals surface area contributed by atoms with Crippen LogP contribution in [0.4, 0.5) is 4.79 Å². The lowest BCUT2D eigenvalue weighted by Crippen LogP contribution is -2.31. The molecule has 2 N–H and O–H groups in total. The molecule has 0 aliphatic carbocycles. The molecule has 0 aliphatic heterocycles. The summed E-state index contributed by atoms with van der Waals surface area (Å²) in [6, 6.07) is 6.90. The van der Waals surface area contributed by atoms with Gasteiger partial charge in [-0.05, 0) is 11.6 Å². The highest BCUT2D eigenvalue weighted by Crippen LogP contribution is 2.15. The molecule has 2 amide bonds. The monoisotopic (exact) mass is 198 g/mol. The SMILES string of the molecule is CN(Cc1ccccc1Cl)C(N)=O. The average Bonchev–Trinajstić information content (AvgIpc) is 2.08. The van der Waals surface area contributed by atoms with Crippen LogP contribution < -0.4 is 5.73 Å². The van der Waals surface area contributed by atoms with Crippen molar-refractivity contribution < 1.29 is 4.79 Å². The molecule has 0 radical (unpaired) electrons. The zero-order valence-electron chi connectivity index (χ0n) is 7.33. The third-order valence-corrected chi connectivity index (χ3v) is 2.11. The Bertz CT molecular complexity index is 314. The molecule has 0 saturated carbocycles. The Labute approximate surface area is 82.1 Å². The van der Waals surface area contributed by atoms with E-state index in [0.717, 1.165) is 5.56 Å². The summed E-state index contributed by atoms with van der Waals surface area (Å²) >= 11 is 5.89. The van der Waals surface area contributed by atoms with Gasteiger partial charge >= 0.3 is 6.03 Å². The van der Waals surface area contributed by atoms with Gasteiger partial charge in [0.2, 0.25) is 0 Å². The summed E-state index contributed by atoms with van der Waals surface area (Å²) in [6.45, 7) is 0.439. The summed E-state index contributed by atoms with van der Waals surface area (Å²) in [4.78, 5) is 12.1. The molecule has 0 spiro atoms. The third kappa shape index (κ3) is 2.63. The van der Waals surface area contributed by atoms with Gasteiger partial charge < -0.3 is 10.6 Å². The third-order valence-electron chi connectivity index (χ3n) is 1.74. The van der Waals surface area contributed by atoms with Crippen LogP contribution in [-0.2, 0) is 6.54 Å². The summed E-state index contributed by atoms with van der Waals surface area (Å²) in [6.07, 6.45) is 0. The van der Waals surface area contributed by atoms with Crippen LogP contribution in [0.1, 0.15) is 5.56 Å². The van der Waals surface area contributed by atoms with Gasteiger partial charge in [0.05, 0.1) is 0 Å². The molecule has 1 aromatic carbocycles. The summed E-state index contributed by atoms with van der Waals surface area (Å²) < 4.78 is 0. The van der Waals surface area contributed by atoms with Crippen LogP contribution >= 0.6 is 11.6 Å². The van der Waals surface area contributed by atoms with Crippen LogP contribution in [0.5, 0.6) is 0 Å². The summed E-state index contributed by atoms with van der Waals surface area (Å²) in [5.41, 5.74) is 5.97. The lowest BCUT2D eigenvalue weighted by atomic mass is 10.2. The predicted molar refractivity (Wildman–Crippen MR) is 52.5 cm³/mol. The van der Waals surface area contributed by atoms with Gasteiger partial charge in [-0.3, -0.25) is 0 Å². The van der Waals surface area contributed by atoms with E-state index in [1.54, 1.807) is 13.1 Å². The highest BCUT2D eigenvalue weighted by atomic mass is 35.5. The van der Waals surface area contributed by atoms with Crippen molar-refractivity contribution in [1.29, 1.82) is 0 Å². The average molecular weight is 199 g/mol. The van der Waals surface area contributed by atoms with E-state index in [4.69, 9.17) is 17.3 Å². The van der Waals surface area contributed by atoms with Gasteiger partial charge in [-0.2, -0.15) is 0 Å². The Morgan fingerprint density at radius 3 is 2.69 bits per heavy atom. The molecule has 0 bridgehead atoms.